The number of rotatable bonds is 5. The van der Waals surface area contributed by atoms with Crippen LogP contribution in [0.15, 0.2) is 88.6 Å². The van der Waals surface area contributed by atoms with E-state index in [-0.39, 0.29) is 5.91 Å². The molecular formula is C21H16N4O2. The number of furan rings is 1. The smallest absolute Gasteiger partial charge is 0.256 e. The Bertz CT molecular complexity index is 1090. The lowest BCUT2D eigenvalue weighted by atomic mass is 10.1. The van der Waals surface area contributed by atoms with E-state index in [1.54, 1.807) is 30.7 Å². The number of nitrogens with one attached hydrogen (secondary N) is 2. The first-order chi connectivity index (χ1) is 13.3. The average molecular weight is 356 g/mol. The number of nitrogens with zero attached hydrogens (tertiary/aromatic N) is 2. The van der Waals surface area contributed by atoms with Gasteiger partial charge in [0.1, 0.15) is 11.6 Å². The van der Waals surface area contributed by atoms with Crippen LogP contribution in [0.3, 0.4) is 0 Å². The van der Waals surface area contributed by atoms with Crippen molar-refractivity contribution in [1.29, 1.82) is 0 Å². The molecule has 1 amide bonds. The number of fused-ring (bicyclic) bond motifs is 1. The molecule has 2 aromatic carbocycles. The summed E-state index contributed by atoms with van der Waals surface area (Å²) in [6.07, 6.45) is 3.11. The second-order valence-corrected chi connectivity index (χ2v) is 5.78. The van der Waals surface area contributed by atoms with E-state index in [9.17, 15) is 4.79 Å². The van der Waals surface area contributed by atoms with Crippen molar-refractivity contribution in [3.63, 3.8) is 0 Å². The van der Waals surface area contributed by atoms with Crippen molar-refractivity contribution >= 4 is 34.5 Å². The van der Waals surface area contributed by atoms with Gasteiger partial charge in [-0.25, -0.2) is 4.98 Å². The highest BCUT2D eigenvalue weighted by molar-refractivity contribution is 6.13. The van der Waals surface area contributed by atoms with E-state index in [0.717, 1.165) is 11.1 Å². The van der Waals surface area contributed by atoms with E-state index in [1.807, 2.05) is 54.6 Å². The van der Waals surface area contributed by atoms with Gasteiger partial charge in [0.05, 0.1) is 23.6 Å². The summed E-state index contributed by atoms with van der Waals surface area (Å²) in [5.41, 5.74) is 4.80. The summed E-state index contributed by atoms with van der Waals surface area (Å²) in [6.45, 7) is 0. The molecule has 0 spiro atoms. The molecule has 0 bridgehead atoms. The van der Waals surface area contributed by atoms with Crippen LogP contribution in [0.5, 0.6) is 0 Å². The van der Waals surface area contributed by atoms with Gasteiger partial charge in [0, 0.05) is 11.1 Å². The summed E-state index contributed by atoms with van der Waals surface area (Å²) in [5.74, 6) is 0.873. The highest BCUT2D eigenvalue weighted by Gasteiger charge is 2.13. The van der Waals surface area contributed by atoms with E-state index in [4.69, 9.17) is 4.42 Å². The molecule has 2 N–H and O–H groups in total. The second kappa shape index (κ2) is 7.53. The second-order valence-electron chi connectivity index (χ2n) is 5.78. The number of pyridine rings is 1. The van der Waals surface area contributed by atoms with Gasteiger partial charge in [0.25, 0.3) is 5.91 Å². The van der Waals surface area contributed by atoms with Gasteiger partial charge in [-0.2, -0.15) is 5.10 Å². The molecule has 0 aliphatic rings. The molecule has 0 saturated carbocycles. The molecule has 0 saturated heterocycles. The minimum absolute atomic E-state index is 0.210. The van der Waals surface area contributed by atoms with Gasteiger partial charge in [-0.3, -0.25) is 10.2 Å². The number of anilines is 2. The molecule has 2 aromatic heterocycles. The van der Waals surface area contributed by atoms with Gasteiger partial charge >= 0.3 is 0 Å². The molecule has 6 heteroatoms. The molecule has 132 valence electrons. The maximum absolute atomic E-state index is 12.8. The molecule has 0 radical (unpaired) electrons. The number of hydrazone groups is 1. The van der Waals surface area contributed by atoms with Gasteiger partial charge < -0.3 is 9.73 Å². The lowest BCUT2D eigenvalue weighted by Gasteiger charge is -2.10. The highest BCUT2D eigenvalue weighted by Crippen LogP contribution is 2.22. The van der Waals surface area contributed by atoms with Gasteiger partial charge in [-0.1, -0.05) is 36.4 Å². The maximum Gasteiger partial charge on any atom is 0.256 e. The van der Waals surface area contributed by atoms with Crippen molar-refractivity contribution in [2.24, 2.45) is 5.10 Å². The van der Waals surface area contributed by atoms with Crippen molar-refractivity contribution in [2.75, 3.05) is 10.7 Å². The summed E-state index contributed by atoms with van der Waals surface area (Å²) in [4.78, 5) is 17.3. The number of hydrogen-bond acceptors (Lipinski definition) is 5. The lowest BCUT2D eigenvalue weighted by Crippen LogP contribution is -2.13. The zero-order valence-corrected chi connectivity index (χ0v) is 14.3. The Kier molecular flexibility index (Phi) is 4.61. The van der Waals surface area contributed by atoms with E-state index < -0.39 is 0 Å². The van der Waals surface area contributed by atoms with Crippen molar-refractivity contribution in [3.8, 4) is 0 Å². The van der Waals surface area contributed by atoms with Crippen molar-refractivity contribution in [1.82, 2.24) is 4.98 Å². The first-order valence-electron chi connectivity index (χ1n) is 8.38. The van der Waals surface area contributed by atoms with Crippen LogP contribution in [0.4, 0.5) is 11.5 Å². The highest BCUT2D eigenvalue weighted by atomic mass is 16.3. The molecule has 27 heavy (non-hydrogen) atoms. The van der Waals surface area contributed by atoms with Crippen molar-refractivity contribution < 1.29 is 9.21 Å². The maximum atomic E-state index is 12.8. The first-order valence-corrected chi connectivity index (χ1v) is 8.38. The Morgan fingerprint density at radius 2 is 1.81 bits per heavy atom. The fraction of sp³-hybridized carbons (Fsp3) is 0. The Hall–Kier alpha value is -3.93. The summed E-state index contributed by atoms with van der Waals surface area (Å²) in [7, 11) is 0. The van der Waals surface area contributed by atoms with Crippen molar-refractivity contribution in [3.05, 3.63) is 90.4 Å². The van der Waals surface area contributed by atoms with E-state index in [2.05, 4.69) is 20.8 Å². The average Bonchev–Trinajstić information content (AvgIpc) is 3.21. The SMILES string of the molecule is O=C(Nc1ccccc1)c1cc(N/N=C/c2ccco2)nc2ccccc12. The van der Waals surface area contributed by atoms with E-state index >= 15 is 0 Å². The normalized spacial score (nSPS) is 11.0. The van der Waals surface area contributed by atoms with E-state index in [0.29, 0.717) is 22.7 Å². The molecule has 0 aliphatic carbocycles. The van der Waals surface area contributed by atoms with Crippen LogP contribution in [0.25, 0.3) is 10.9 Å². The third-order valence-electron chi connectivity index (χ3n) is 3.91. The zero-order chi connectivity index (χ0) is 18.5. The van der Waals surface area contributed by atoms with Crippen LogP contribution < -0.4 is 10.7 Å². The number of aromatic nitrogens is 1. The molecule has 0 aliphatic heterocycles. The minimum atomic E-state index is -0.210. The van der Waals surface area contributed by atoms with Crippen LogP contribution in [0, 0.1) is 0 Å². The molecule has 4 aromatic rings. The fourth-order valence-corrected chi connectivity index (χ4v) is 2.67. The molecule has 6 nitrogen and oxygen atoms in total. The summed E-state index contributed by atoms with van der Waals surface area (Å²) in [5, 5.41) is 7.79. The third-order valence-corrected chi connectivity index (χ3v) is 3.91. The van der Waals surface area contributed by atoms with Gasteiger partial charge in [0.15, 0.2) is 0 Å². The Balaban J connectivity index is 1.65. The predicted octanol–water partition coefficient (Wildman–Crippen LogP) is 4.53. The number of para-hydroxylation sites is 2. The summed E-state index contributed by atoms with van der Waals surface area (Å²) < 4.78 is 5.20. The Labute approximate surface area is 155 Å². The predicted molar refractivity (Wildman–Crippen MR) is 106 cm³/mol. The monoisotopic (exact) mass is 356 g/mol. The van der Waals surface area contributed by atoms with E-state index in [1.165, 1.54) is 0 Å². The van der Waals surface area contributed by atoms with Gasteiger partial charge in [-0.15, -0.1) is 0 Å². The fourth-order valence-electron chi connectivity index (χ4n) is 2.67. The molecule has 4 rings (SSSR count). The molecule has 2 heterocycles. The Morgan fingerprint density at radius 3 is 2.63 bits per heavy atom. The van der Waals surface area contributed by atoms with Crippen LogP contribution in [-0.4, -0.2) is 17.1 Å². The zero-order valence-electron chi connectivity index (χ0n) is 14.3. The minimum Gasteiger partial charge on any atom is -0.463 e. The number of carbonyl (C=O) groups excluding carboxylic acids is 1. The standard InChI is InChI=1S/C21H16N4O2/c26-21(23-15-7-2-1-3-8-15)18-13-20(24-19-11-5-4-10-17(18)19)25-22-14-16-9-6-12-27-16/h1-14H,(H,23,26)(H,24,25)/b22-14+. The number of amides is 1. The first kappa shape index (κ1) is 16.5. The topological polar surface area (TPSA) is 79.5 Å². The van der Waals surface area contributed by atoms with Crippen LogP contribution in [0.2, 0.25) is 0 Å². The third kappa shape index (κ3) is 3.85. The summed E-state index contributed by atoms with van der Waals surface area (Å²) >= 11 is 0. The molecule has 0 unspecified atom stereocenters. The largest absolute Gasteiger partial charge is 0.463 e. The molecule has 0 fully saturated rings. The van der Waals surface area contributed by atoms with Crippen LogP contribution >= 0.6 is 0 Å². The number of benzene rings is 2. The van der Waals surface area contributed by atoms with Gasteiger partial charge in [-0.05, 0) is 36.4 Å². The van der Waals surface area contributed by atoms with Crippen molar-refractivity contribution in [2.45, 2.75) is 0 Å². The molecular weight excluding hydrogens is 340 g/mol. The Morgan fingerprint density at radius 1 is 1.00 bits per heavy atom. The quantitative estimate of drug-likeness (QED) is 0.407. The van der Waals surface area contributed by atoms with Crippen LogP contribution in [0.1, 0.15) is 16.1 Å². The molecule has 0 atom stereocenters. The van der Waals surface area contributed by atoms with Crippen LogP contribution in [-0.2, 0) is 0 Å². The number of carbonyl (C=O) groups is 1. The summed E-state index contributed by atoms with van der Waals surface area (Å²) in [6, 6.07) is 22.1. The number of hydrogen-bond donors (Lipinski definition) is 2. The van der Waals surface area contributed by atoms with Gasteiger partial charge in [0.2, 0.25) is 0 Å². The lowest BCUT2D eigenvalue weighted by molar-refractivity contribution is 0.102.